The fraction of sp³-hybridized carbons (Fsp3) is 0.455. The van der Waals surface area contributed by atoms with E-state index >= 15 is 0 Å². The van der Waals surface area contributed by atoms with E-state index in [1.165, 1.54) is 7.11 Å². The van der Waals surface area contributed by atoms with Crippen molar-refractivity contribution in [3.8, 4) is 5.75 Å². The largest absolute Gasteiger partial charge is 0.490 e. The number of para-hydroxylation sites is 1. The number of nitro groups is 1. The lowest BCUT2D eigenvalue weighted by Crippen LogP contribution is -2.43. The number of nitrogens with one attached hydrogen (secondary N) is 1. The average Bonchev–Trinajstić information content (AvgIpc) is 2.22. The number of rotatable bonds is 4. The van der Waals surface area contributed by atoms with Crippen LogP contribution in [0.15, 0.2) is 18.2 Å². The zero-order valence-electron chi connectivity index (χ0n) is 9.10. The quantitative estimate of drug-likeness (QED) is 0.617. The third-order valence-electron chi connectivity index (χ3n) is 2.86. The van der Waals surface area contributed by atoms with E-state index in [0.717, 1.165) is 25.1 Å². The Bertz CT molecular complexity index is 402. The molecule has 0 radical (unpaired) electrons. The van der Waals surface area contributed by atoms with Crippen LogP contribution < -0.4 is 10.1 Å². The van der Waals surface area contributed by atoms with Gasteiger partial charge in [0.2, 0.25) is 0 Å². The Hall–Kier alpha value is -1.62. The van der Waals surface area contributed by atoms with Crippen molar-refractivity contribution in [1.82, 2.24) is 5.32 Å². The number of nitro benzene ring substituents is 1. The molecule has 1 N–H and O–H groups in total. The minimum absolute atomic E-state index is 0.108. The molecule has 5 heteroatoms. The molecule has 0 saturated carbocycles. The first-order valence-corrected chi connectivity index (χ1v) is 5.23. The number of nitrogens with zero attached hydrogens (tertiary/aromatic N) is 1. The van der Waals surface area contributed by atoms with Gasteiger partial charge in [0.05, 0.1) is 12.0 Å². The molecule has 0 spiro atoms. The highest BCUT2D eigenvalue weighted by Gasteiger charge is 2.25. The SMILES string of the molecule is COc1cccc(CC2CNC2)c1[N+](=O)[O-]. The molecule has 1 aromatic carbocycles. The fourth-order valence-electron chi connectivity index (χ4n) is 1.91. The highest BCUT2D eigenvalue weighted by atomic mass is 16.6. The molecule has 0 atom stereocenters. The topological polar surface area (TPSA) is 64.4 Å². The van der Waals surface area contributed by atoms with Crippen molar-refractivity contribution >= 4 is 5.69 Å². The second-order valence-electron chi connectivity index (χ2n) is 3.95. The summed E-state index contributed by atoms with van der Waals surface area (Å²) in [7, 11) is 1.46. The second-order valence-corrected chi connectivity index (χ2v) is 3.95. The van der Waals surface area contributed by atoms with E-state index in [4.69, 9.17) is 4.74 Å². The molecular formula is C11H14N2O3. The van der Waals surface area contributed by atoms with Crippen molar-refractivity contribution in [2.75, 3.05) is 20.2 Å². The third-order valence-corrected chi connectivity index (χ3v) is 2.86. The summed E-state index contributed by atoms with van der Waals surface area (Å²) in [4.78, 5) is 10.6. The van der Waals surface area contributed by atoms with Gasteiger partial charge in [-0.25, -0.2) is 0 Å². The predicted molar refractivity (Wildman–Crippen MR) is 59.7 cm³/mol. The van der Waals surface area contributed by atoms with Crippen molar-refractivity contribution in [1.29, 1.82) is 0 Å². The third kappa shape index (κ3) is 1.99. The van der Waals surface area contributed by atoms with E-state index in [2.05, 4.69) is 5.32 Å². The molecule has 1 fully saturated rings. The molecular weight excluding hydrogens is 208 g/mol. The Morgan fingerprint density at radius 3 is 2.81 bits per heavy atom. The summed E-state index contributed by atoms with van der Waals surface area (Å²) in [5.41, 5.74) is 0.868. The van der Waals surface area contributed by atoms with Gasteiger partial charge >= 0.3 is 5.69 Å². The minimum Gasteiger partial charge on any atom is -0.490 e. The van der Waals surface area contributed by atoms with Crippen LogP contribution in [0.25, 0.3) is 0 Å². The monoisotopic (exact) mass is 222 g/mol. The number of benzene rings is 1. The van der Waals surface area contributed by atoms with Crippen LogP contribution in [0.4, 0.5) is 5.69 Å². The Labute approximate surface area is 93.6 Å². The standard InChI is InChI=1S/C11H14N2O3/c1-16-10-4-2-3-9(11(10)13(14)15)5-8-6-12-7-8/h2-4,8,12H,5-7H2,1H3. The summed E-state index contributed by atoms with van der Waals surface area (Å²) in [5.74, 6) is 0.848. The van der Waals surface area contributed by atoms with E-state index in [0.29, 0.717) is 11.7 Å². The van der Waals surface area contributed by atoms with Crippen molar-refractivity contribution < 1.29 is 9.66 Å². The molecule has 5 nitrogen and oxygen atoms in total. The maximum atomic E-state index is 11.0. The lowest BCUT2D eigenvalue weighted by molar-refractivity contribution is -0.386. The van der Waals surface area contributed by atoms with E-state index in [1.807, 2.05) is 0 Å². The summed E-state index contributed by atoms with van der Waals surface area (Å²) < 4.78 is 5.02. The van der Waals surface area contributed by atoms with Gasteiger partial charge in [-0.2, -0.15) is 0 Å². The first kappa shape index (κ1) is 10.9. The smallest absolute Gasteiger partial charge is 0.314 e. The molecule has 0 bridgehead atoms. The van der Waals surface area contributed by atoms with Gasteiger partial charge < -0.3 is 10.1 Å². The number of hydrogen-bond acceptors (Lipinski definition) is 4. The molecule has 16 heavy (non-hydrogen) atoms. The van der Waals surface area contributed by atoms with Crippen LogP contribution in [0.5, 0.6) is 5.75 Å². The lowest BCUT2D eigenvalue weighted by Gasteiger charge is -2.26. The molecule has 2 rings (SSSR count). The maximum absolute atomic E-state index is 11.0. The van der Waals surface area contributed by atoms with Gasteiger partial charge in [-0.15, -0.1) is 0 Å². The Morgan fingerprint density at radius 1 is 1.56 bits per heavy atom. The summed E-state index contributed by atoms with van der Waals surface area (Å²) in [6, 6.07) is 5.23. The molecule has 1 aromatic rings. The van der Waals surface area contributed by atoms with Gasteiger partial charge in [0, 0.05) is 5.56 Å². The van der Waals surface area contributed by atoms with Crippen molar-refractivity contribution in [3.63, 3.8) is 0 Å². The fourth-order valence-corrected chi connectivity index (χ4v) is 1.91. The molecule has 0 aliphatic carbocycles. The first-order chi connectivity index (χ1) is 7.72. The molecule has 0 unspecified atom stereocenters. The Balaban J connectivity index is 2.30. The molecule has 1 heterocycles. The Morgan fingerprint density at radius 2 is 2.31 bits per heavy atom. The van der Waals surface area contributed by atoms with Gasteiger partial charge in [0.1, 0.15) is 0 Å². The highest BCUT2D eigenvalue weighted by Crippen LogP contribution is 2.32. The van der Waals surface area contributed by atoms with Crippen LogP contribution in [0.3, 0.4) is 0 Å². The van der Waals surface area contributed by atoms with Gasteiger partial charge in [-0.05, 0) is 31.5 Å². The van der Waals surface area contributed by atoms with Crippen molar-refractivity contribution in [2.24, 2.45) is 5.92 Å². The molecule has 86 valence electrons. The molecule has 1 aliphatic rings. The minimum atomic E-state index is -0.361. The average molecular weight is 222 g/mol. The van der Waals surface area contributed by atoms with Crippen LogP contribution in [0.1, 0.15) is 5.56 Å². The molecule has 1 saturated heterocycles. The van der Waals surface area contributed by atoms with E-state index < -0.39 is 0 Å². The zero-order valence-corrected chi connectivity index (χ0v) is 9.10. The number of ether oxygens (including phenoxy) is 1. The van der Waals surface area contributed by atoms with Crippen LogP contribution >= 0.6 is 0 Å². The highest BCUT2D eigenvalue weighted by molar-refractivity contribution is 5.52. The zero-order chi connectivity index (χ0) is 11.5. The van der Waals surface area contributed by atoms with Crippen LogP contribution in [0, 0.1) is 16.0 Å². The summed E-state index contributed by atoms with van der Waals surface area (Å²) >= 11 is 0. The molecule has 0 aromatic heterocycles. The van der Waals surface area contributed by atoms with Crippen LogP contribution in [0.2, 0.25) is 0 Å². The summed E-state index contributed by atoms with van der Waals surface area (Å²) in [6.07, 6.45) is 0.737. The normalized spacial score (nSPS) is 15.6. The van der Waals surface area contributed by atoms with Gasteiger partial charge in [0.25, 0.3) is 0 Å². The lowest BCUT2D eigenvalue weighted by atomic mass is 9.93. The first-order valence-electron chi connectivity index (χ1n) is 5.23. The van der Waals surface area contributed by atoms with Gasteiger partial charge in [-0.3, -0.25) is 10.1 Å². The second kappa shape index (κ2) is 4.49. The molecule has 0 amide bonds. The van der Waals surface area contributed by atoms with Gasteiger partial charge in [0.15, 0.2) is 5.75 Å². The maximum Gasteiger partial charge on any atom is 0.314 e. The Kier molecular flexibility index (Phi) is 3.05. The predicted octanol–water partition coefficient (Wildman–Crippen LogP) is 1.37. The summed E-state index contributed by atoms with van der Waals surface area (Å²) in [5, 5.41) is 14.2. The van der Waals surface area contributed by atoms with E-state index in [1.54, 1.807) is 18.2 Å². The van der Waals surface area contributed by atoms with E-state index in [-0.39, 0.29) is 10.6 Å². The van der Waals surface area contributed by atoms with Crippen molar-refractivity contribution in [3.05, 3.63) is 33.9 Å². The van der Waals surface area contributed by atoms with Gasteiger partial charge in [-0.1, -0.05) is 12.1 Å². The molecule has 1 aliphatic heterocycles. The van der Waals surface area contributed by atoms with E-state index in [9.17, 15) is 10.1 Å². The van der Waals surface area contributed by atoms with Crippen molar-refractivity contribution in [2.45, 2.75) is 6.42 Å². The summed E-state index contributed by atoms with van der Waals surface area (Å²) in [6.45, 7) is 1.88. The van der Waals surface area contributed by atoms with Crippen LogP contribution in [-0.4, -0.2) is 25.1 Å². The number of methoxy groups -OCH3 is 1. The number of hydrogen-bond donors (Lipinski definition) is 1. The van der Waals surface area contributed by atoms with Crippen LogP contribution in [-0.2, 0) is 6.42 Å².